The maximum atomic E-state index is 12.6. The molecule has 1 saturated heterocycles. The van der Waals surface area contributed by atoms with Gasteiger partial charge in [0.15, 0.2) is 5.65 Å². The van der Waals surface area contributed by atoms with Gasteiger partial charge in [-0.3, -0.25) is 9.20 Å². The van der Waals surface area contributed by atoms with E-state index < -0.39 is 0 Å². The van der Waals surface area contributed by atoms with Gasteiger partial charge in [0.25, 0.3) is 5.91 Å². The van der Waals surface area contributed by atoms with Crippen LogP contribution in [0.3, 0.4) is 0 Å². The molecular weight excluding hydrogens is 368 g/mol. The molecular formula is C18H17BrN4O. The number of carbonyl (C=O) groups excluding carboxylic acids is 1. The summed E-state index contributed by atoms with van der Waals surface area (Å²) in [5, 5.41) is 8.59. The third-order valence-corrected chi connectivity index (χ3v) is 5.05. The van der Waals surface area contributed by atoms with Crippen LogP contribution in [0.15, 0.2) is 53.1 Å². The first kappa shape index (κ1) is 15.3. The van der Waals surface area contributed by atoms with E-state index in [4.69, 9.17) is 0 Å². The quantitative estimate of drug-likeness (QED) is 0.679. The zero-order chi connectivity index (χ0) is 16.5. The van der Waals surface area contributed by atoms with Crippen LogP contribution in [0.5, 0.6) is 0 Å². The summed E-state index contributed by atoms with van der Waals surface area (Å²) in [6, 6.07) is 13.5. The molecule has 122 valence electrons. The largest absolute Gasteiger partial charge is 0.339 e. The number of hydrogen-bond donors (Lipinski definition) is 0. The van der Waals surface area contributed by atoms with Crippen LogP contribution < -0.4 is 0 Å². The fraction of sp³-hybridized carbons (Fsp3) is 0.278. The number of aromatic nitrogens is 3. The molecule has 1 aliphatic rings. The zero-order valence-corrected chi connectivity index (χ0v) is 14.7. The lowest BCUT2D eigenvalue weighted by molar-refractivity contribution is 0.0711. The van der Waals surface area contributed by atoms with Crippen molar-refractivity contribution < 1.29 is 4.79 Å². The van der Waals surface area contributed by atoms with Crippen molar-refractivity contribution in [3.8, 4) is 0 Å². The second-order valence-corrected chi connectivity index (χ2v) is 6.98. The summed E-state index contributed by atoms with van der Waals surface area (Å²) in [5.41, 5.74) is 1.61. The fourth-order valence-corrected chi connectivity index (χ4v) is 3.68. The molecule has 6 heteroatoms. The maximum absolute atomic E-state index is 12.6. The average Bonchev–Trinajstić information content (AvgIpc) is 3.05. The number of hydrogen-bond acceptors (Lipinski definition) is 3. The Kier molecular flexibility index (Phi) is 4.06. The molecule has 0 aliphatic carbocycles. The molecule has 1 amide bonds. The molecule has 0 radical (unpaired) electrons. The Balaban J connectivity index is 1.48. The molecule has 24 heavy (non-hydrogen) atoms. The molecule has 0 unspecified atom stereocenters. The van der Waals surface area contributed by atoms with E-state index in [-0.39, 0.29) is 5.91 Å². The molecule has 1 aliphatic heterocycles. The summed E-state index contributed by atoms with van der Waals surface area (Å²) < 4.78 is 2.98. The van der Waals surface area contributed by atoms with Gasteiger partial charge < -0.3 is 4.90 Å². The summed E-state index contributed by atoms with van der Waals surface area (Å²) in [4.78, 5) is 14.6. The second kappa shape index (κ2) is 6.36. The van der Waals surface area contributed by atoms with Crippen LogP contribution in [0.2, 0.25) is 0 Å². The van der Waals surface area contributed by atoms with Gasteiger partial charge in [-0.1, -0.05) is 28.1 Å². The Morgan fingerprint density at radius 2 is 1.92 bits per heavy atom. The summed E-state index contributed by atoms with van der Waals surface area (Å²) in [6.45, 7) is 1.50. The van der Waals surface area contributed by atoms with Crippen LogP contribution in [0.25, 0.3) is 5.65 Å². The normalized spacial score (nSPS) is 15.8. The highest BCUT2D eigenvalue weighted by molar-refractivity contribution is 9.10. The Morgan fingerprint density at radius 1 is 1.08 bits per heavy atom. The van der Waals surface area contributed by atoms with E-state index in [1.54, 1.807) is 0 Å². The summed E-state index contributed by atoms with van der Waals surface area (Å²) >= 11 is 3.42. The van der Waals surface area contributed by atoms with Crippen LogP contribution in [0.1, 0.15) is 34.9 Å². The Morgan fingerprint density at radius 3 is 2.71 bits per heavy atom. The van der Waals surface area contributed by atoms with Crippen LogP contribution in [-0.2, 0) is 0 Å². The van der Waals surface area contributed by atoms with E-state index in [0.29, 0.717) is 5.92 Å². The third kappa shape index (κ3) is 2.82. The van der Waals surface area contributed by atoms with Gasteiger partial charge in [0.1, 0.15) is 5.82 Å². The van der Waals surface area contributed by atoms with Gasteiger partial charge in [0.2, 0.25) is 0 Å². The van der Waals surface area contributed by atoms with Crippen molar-refractivity contribution in [2.45, 2.75) is 18.8 Å². The molecule has 0 atom stereocenters. The van der Waals surface area contributed by atoms with Crippen molar-refractivity contribution in [1.82, 2.24) is 19.5 Å². The lowest BCUT2D eigenvalue weighted by atomic mass is 9.95. The number of amides is 1. The van der Waals surface area contributed by atoms with Gasteiger partial charge in [-0.25, -0.2) is 0 Å². The number of rotatable bonds is 2. The fourth-order valence-electron chi connectivity index (χ4n) is 3.28. The minimum Gasteiger partial charge on any atom is -0.339 e. The summed E-state index contributed by atoms with van der Waals surface area (Å²) in [7, 11) is 0. The lowest BCUT2D eigenvalue weighted by Crippen LogP contribution is -2.38. The smallest absolute Gasteiger partial charge is 0.253 e. The molecule has 0 saturated carbocycles. The zero-order valence-electron chi connectivity index (χ0n) is 13.1. The third-order valence-electron chi connectivity index (χ3n) is 4.56. The van der Waals surface area contributed by atoms with Crippen molar-refractivity contribution >= 4 is 27.5 Å². The first-order valence-corrected chi connectivity index (χ1v) is 8.86. The molecule has 0 N–H and O–H groups in total. The van der Waals surface area contributed by atoms with Crippen LogP contribution in [0.4, 0.5) is 0 Å². The summed E-state index contributed by atoms with van der Waals surface area (Å²) in [5.74, 6) is 1.44. The highest BCUT2D eigenvalue weighted by Gasteiger charge is 2.27. The monoisotopic (exact) mass is 384 g/mol. The van der Waals surface area contributed by atoms with Gasteiger partial charge in [-0.2, -0.15) is 0 Å². The number of carbonyl (C=O) groups is 1. The Bertz CT molecular complexity index is 883. The number of likely N-dealkylation sites (tertiary alicyclic amines) is 1. The van der Waals surface area contributed by atoms with Gasteiger partial charge in [0, 0.05) is 35.2 Å². The van der Waals surface area contributed by atoms with Gasteiger partial charge in [0.05, 0.1) is 0 Å². The SMILES string of the molecule is O=C(c1cccc(Br)c1)N1CCC(c2nnc3ccccn23)CC1. The van der Waals surface area contributed by atoms with E-state index in [2.05, 4.69) is 30.5 Å². The van der Waals surface area contributed by atoms with Crippen molar-refractivity contribution in [2.75, 3.05) is 13.1 Å². The van der Waals surface area contributed by atoms with Gasteiger partial charge >= 0.3 is 0 Å². The second-order valence-electron chi connectivity index (χ2n) is 6.06. The van der Waals surface area contributed by atoms with E-state index in [0.717, 1.165) is 47.4 Å². The van der Waals surface area contributed by atoms with Crippen LogP contribution in [0, 0.1) is 0 Å². The summed E-state index contributed by atoms with van der Waals surface area (Å²) in [6.07, 6.45) is 3.83. The van der Waals surface area contributed by atoms with Crippen LogP contribution >= 0.6 is 15.9 Å². The highest BCUT2D eigenvalue weighted by Crippen LogP contribution is 2.28. The topological polar surface area (TPSA) is 50.5 Å². The van der Waals surface area contributed by atoms with E-state index in [9.17, 15) is 4.79 Å². The Labute approximate surface area is 148 Å². The van der Waals surface area contributed by atoms with Crippen molar-refractivity contribution in [1.29, 1.82) is 0 Å². The van der Waals surface area contributed by atoms with Crippen molar-refractivity contribution in [3.63, 3.8) is 0 Å². The van der Waals surface area contributed by atoms with Crippen molar-refractivity contribution in [3.05, 3.63) is 64.5 Å². The lowest BCUT2D eigenvalue weighted by Gasteiger charge is -2.31. The molecule has 3 aromatic rings. The molecule has 4 rings (SSSR count). The van der Waals surface area contributed by atoms with Crippen LogP contribution in [-0.4, -0.2) is 38.5 Å². The van der Waals surface area contributed by atoms with E-state index in [1.165, 1.54) is 0 Å². The predicted octanol–water partition coefficient (Wildman–Crippen LogP) is 3.51. The Hall–Kier alpha value is -2.21. The van der Waals surface area contributed by atoms with E-state index in [1.807, 2.05) is 53.6 Å². The standard InChI is InChI=1S/C18H17BrN4O/c19-15-5-3-4-14(12-15)18(24)22-10-7-13(8-11-22)17-21-20-16-6-1-2-9-23(16)17/h1-6,9,12-13H,7-8,10-11H2. The number of fused-ring (bicyclic) bond motifs is 1. The number of benzene rings is 1. The minimum atomic E-state index is 0.0980. The first-order valence-electron chi connectivity index (χ1n) is 8.07. The average molecular weight is 385 g/mol. The molecule has 1 aromatic carbocycles. The molecule has 0 bridgehead atoms. The van der Waals surface area contributed by atoms with Gasteiger partial charge in [-0.15, -0.1) is 10.2 Å². The van der Waals surface area contributed by atoms with Crippen molar-refractivity contribution in [2.24, 2.45) is 0 Å². The molecule has 1 fully saturated rings. The minimum absolute atomic E-state index is 0.0980. The molecule has 0 spiro atoms. The number of halogens is 1. The number of pyridine rings is 1. The first-order chi connectivity index (χ1) is 11.7. The highest BCUT2D eigenvalue weighted by atomic mass is 79.9. The van der Waals surface area contributed by atoms with E-state index >= 15 is 0 Å². The van der Waals surface area contributed by atoms with Gasteiger partial charge in [-0.05, 0) is 43.2 Å². The molecule has 2 aromatic heterocycles. The maximum Gasteiger partial charge on any atom is 0.253 e. The molecule has 5 nitrogen and oxygen atoms in total. The number of piperidine rings is 1. The molecule has 3 heterocycles. The number of nitrogens with zero attached hydrogens (tertiary/aromatic N) is 4. The predicted molar refractivity (Wildman–Crippen MR) is 95.0 cm³/mol.